The molecule has 0 spiro atoms. The number of carbonyl (C=O) groups excluding carboxylic acids is 1. The summed E-state index contributed by atoms with van der Waals surface area (Å²) in [6, 6.07) is 0. The van der Waals surface area contributed by atoms with Gasteiger partial charge in [-0.05, 0) is 70.6 Å². The predicted octanol–water partition coefficient (Wildman–Crippen LogP) is 12.8. The van der Waals surface area contributed by atoms with Crippen molar-refractivity contribution in [2.75, 3.05) is 0 Å². The summed E-state index contributed by atoms with van der Waals surface area (Å²) in [5.74, 6) is -0.803. The number of carboxylic acid groups (broad SMARTS) is 1. The molecule has 0 aliphatic rings. The van der Waals surface area contributed by atoms with Gasteiger partial charge in [0.2, 0.25) is 0 Å². The van der Waals surface area contributed by atoms with Gasteiger partial charge in [-0.3, -0.25) is 9.59 Å². The molecule has 0 aliphatic carbocycles. The summed E-state index contributed by atoms with van der Waals surface area (Å²) in [7, 11) is 0. The summed E-state index contributed by atoms with van der Waals surface area (Å²) in [4.78, 5) is 23.3. The largest absolute Gasteiger partial charge is 0.481 e. The van der Waals surface area contributed by atoms with E-state index < -0.39 is 5.97 Å². The predicted molar refractivity (Wildman–Crippen MR) is 186 cm³/mol. The number of esters is 1. The average molecular weight is 605 g/mol. The fourth-order valence-corrected chi connectivity index (χ4v) is 5.63. The van der Waals surface area contributed by atoms with Gasteiger partial charge in [0.1, 0.15) is 6.10 Å². The van der Waals surface area contributed by atoms with E-state index in [2.05, 4.69) is 38.2 Å². The highest BCUT2D eigenvalue weighted by atomic mass is 16.5. The molecule has 4 nitrogen and oxygen atoms in total. The zero-order valence-electron chi connectivity index (χ0n) is 28.8. The van der Waals surface area contributed by atoms with Crippen molar-refractivity contribution in [2.24, 2.45) is 0 Å². The fraction of sp³-hybridized carbons (Fsp3) is 0.846. The molecule has 0 amide bonds. The van der Waals surface area contributed by atoms with Crippen LogP contribution in [0, 0.1) is 0 Å². The van der Waals surface area contributed by atoms with Gasteiger partial charge in [0, 0.05) is 12.8 Å². The van der Waals surface area contributed by atoms with E-state index in [1.807, 2.05) is 0 Å². The molecule has 0 fully saturated rings. The molecule has 0 aromatic heterocycles. The van der Waals surface area contributed by atoms with E-state index in [1.165, 1.54) is 128 Å². The van der Waals surface area contributed by atoms with E-state index in [-0.39, 0.29) is 18.5 Å². The van der Waals surface area contributed by atoms with Gasteiger partial charge < -0.3 is 9.84 Å². The van der Waals surface area contributed by atoms with Gasteiger partial charge in [0.15, 0.2) is 0 Å². The molecule has 252 valence electrons. The Balaban J connectivity index is 3.71. The number of carbonyl (C=O) groups is 2. The van der Waals surface area contributed by atoms with E-state index in [9.17, 15) is 9.59 Å². The van der Waals surface area contributed by atoms with E-state index in [1.54, 1.807) is 0 Å². The Morgan fingerprint density at radius 1 is 0.512 bits per heavy atom. The Morgan fingerprint density at radius 3 is 1.44 bits per heavy atom. The third-order valence-electron chi connectivity index (χ3n) is 8.43. The van der Waals surface area contributed by atoms with Crippen molar-refractivity contribution in [3.63, 3.8) is 0 Å². The van der Waals surface area contributed by atoms with Crippen molar-refractivity contribution in [3.05, 3.63) is 24.3 Å². The molecule has 1 atom stereocenters. The van der Waals surface area contributed by atoms with Crippen LogP contribution in [0.15, 0.2) is 24.3 Å². The van der Waals surface area contributed by atoms with E-state index in [4.69, 9.17) is 9.84 Å². The smallest absolute Gasteiger partial charge is 0.306 e. The molecule has 1 unspecified atom stereocenters. The number of rotatable bonds is 34. The van der Waals surface area contributed by atoms with Gasteiger partial charge in [-0.25, -0.2) is 0 Å². The molecule has 4 heteroatoms. The Bertz CT molecular complexity index is 654. The van der Waals surface area contributed by atoms with Gasteiger partial charge >= 0.3 is 11.9 Å². The molecule has 0 aromatic rings. The first kappa shape index (κ1) is 41.4. The normalized spacial score (nSPS) is 12.4. The topological polar surface area (TPSA) is 63.6 Å². The molecule has 1 N–H and O–H groups in total. The van der Waals surface area contributed by atoms with E-state index in [0.29, 0.717) is 12.8 Å². The second-order valence-electron chi connectivity index (χ2n) is 12.8. The minimum absolute atomic E-state index is 0.0410. The van der Waals surface area contributed by atoms with Gasteiger partial charge in [0.05, 0.1) is 0 Å². The molecule has 0 bridgehead atoms. The van der Waals surface area contributed by atoms with Crippen LogP contribution in [-0.2, 0) is 14.3 Å². The van der Waals surface area contributed by atoms with Crippen molar-refractivity contribution >= 4 is 11.9 Å². The lowest BCUT2D eigenvalue weighted by atomic mass is 10.0. The minimum Gasteiger partial charge on any atom is -0.481 e. The lowest BCUT2D eigenvalue weighted by molar-refractivity contribution is -0.150. The van der Waals surface area contributed by atoms with Crippen LogP contribution in [0.2, 0.25) is 0 Å². The number of hydrogen-bond donors (Lipinski definition) is 1. The van der Waals surface area contributed by atoms with Crippen LogP contribution < -0.4 is 0 Å². The third-order valence-corrected chi connectivity index (χ3v) is 8.43. The zero-order valence-corrected chi connectivity index (χ0v) is 28.8. The number of allylic oxidation sites excluding steroid dienone is 4. The number of hydrogen-bond acceptors (Lipinski definition) is 3. The molecule has 0 rings (SSSR count). The Kier molecular flexibility index (Phi) is 33.6. The SMILES string of the molecule is CCCCC/C=C\C/C=C\CCCCCCCCCCCCCC(=O)OC(CCCCCCCCC)CCCCC(=O)O. The Hall–Kier alpha value is -1.58. The molecular formula is C39H72O4. The first-order valence-electron chi connectivity index (χ1n) is 18.8. The summed E-state index contributed by atoms with van der Waals surface area (Å²) < 4.78 is 5.85. The number of carboxylic acids is 1. The molecule has 0 aliphatic heterocycles. The van der Waals surface area contributed by atoms with Crippen molar-refractivity contribution in [1.29, 1.82) is 0 Å². The second kappa shape index (κ2) is 34.9. The first-order valence-corrected chi connectivity index (χ1v) is 18.8. The van der Waals surface area contributed by atoms with Gasteiger partial charge in [-0.1, -0.05) is 147 Å². The molecule has 0 radical (unpaired) electrons. The quantitative estimate of drug-likeness (QED) is 0.0451. The third kappa shape index (κ3) is 34.8. The summed E-state index contributed by atoms with van der Waals surface area (Å²) in [5.41, 5.74) is 0. The highest BCUT2D eigenvalue weighted by molar-refractivity contribution is 5.69. The summed E-state index contributed by atoms with van der Waals surface area (Å²) >= 11 is 0. The molecule has 0 saturated heterocycles. The summed E-state index contributed by atoms with van der Waals surface area (Å²) in [6.45, 7) is 4.49. The lowest BCUT2D eigenvalue weighted by Gasteiger charge is -2.18. The average Bonchev–Trinajstić information content (AvgIpc) is 2.99. The highest BCUT2D eigenvalue weighted by Gasteiger charge is 2.14. The van der Waals surface area contributed by atoms with E-state index in [0.717, 1.165) is 44.9 Å². The summed E-state index contributed by atoms with van der Waals surface area (Å²) in [6.07, 6.45) is 43.4. The maximum atomic E-state index is 12.5. The van der Waals surface area contributed by atoms with Gasteiger partial charge in [0.25, 0.3) is 0 Å². The zero-order chi connectivity index (χ0) is 31.5. The Morgan fingerprint density at radius 2 is 0.907 bits per heavy atom. The van der Waals surface area contributed by atoms with Crippen molar-refractivity contribution in [3.8, 4) is 0 Å². The Labute approximate surface area is 267 Å². The second-order valence-corrected chi connectivity index (χ2v) is 12.8. The van der Waals surface area contributed by atoms with Gasteiger partial charge in [-0.2, -0.15) is 0 Å². The number of unbranched alkanes of at least 4 members (excludes halogenated alkanes) is 21. The van der Waals surface area contributed by atoms with Crippen LogP contribution in [0.25, 0.3) is 0 Å². The number of ether oxygens (including phenoxy) is 1. The van der Waals surface area contributed by atoms with Crippen LogP contribution in [0.1, 0.15) is 206 Å². The molecule has 0 saturated carbocycles. The van der Waals surface area contributed by atoms with Crippen LogP contribution in [0.4, 0.5) is 0 Å². The molecule has 43 heavy (non-hydrogen) atoms. The van der Waals surface area contributed by atoms with Crippen molar-refractivity contribution in [1.82, 2.24) is 0 Å². The minimum atomic E-state index is -0.744. The maximum Gasteiger partial charge on any atom is 0.306 e. The fourth-order valence-electron chi connectivity index (χ4n) is 5.63. The molecular weight excluding hydrogens is 532 g/mol. The first-order chi connectivity index (χ1) is 21.1. The van der Waals surface area contributed by atoms with Crippen molar-refractivity contribution < 1.29 is 19.4 Å². The van der Waals surface area contributed by atoms with Crippen LogP contribution >= 0.6 is 0 Å². The lowest BCUT2D eigenvalue weighted by Crippen LogP contribution is -2.18. The van der Waals surface area contributed by atoms with Crippen LogP contribution in [0.3, 0.4) is 0 Å². The summed E-state index contributed by atoms with van der Waals surface area (Å²) in [5, 5.41) is 8.89. The van der Waals surface area contributed by atoms with Crippen LogP contribution in [0.5, 0.6) is 0 Å². The van der Waals surface area contributed by atoms with E-state index >= 15 is 0 Å². The molecule has 0 heterocycles. The standard InChI is InChI=1S/C39H72O4/c1-3-5-7-9-11-12-13-14-15-16-17-18-19-20-21-22-23-24-26-28-30-36-39(42)43-37(34-31-32-35-38(40)41)33-29-27-25-10-8-6-4-2/h11-12,14-15,37H,3-10,13,16-36H2,1-2H3,(H,40,41)/b12-11-,15-14-. The number of aliphatic carboxylic acids is 1. The van der Waals surface area contributed by atoms with Crippen molar-refractivity contribution in [2.45, 2.75) is 213 Å². The molecule has 0 aromatic carbocycles. The van der Waals surface area contributed by atoms with Crippen LogP contribution in [-0.4, -0.2) is 23.1 Å². The maximum absolute atomic E-state index is 12.5. The van der Waals surface area contributed by atoms with Gasteiger partial charge in [-0.15, -0.1) is 0 Å². The highest BCUT2D eigenvalue weighted by Crippen LogP contribution is 2.18. The monoisotopic (exact) mass is 605 g/mol.